The van der Waals surface area contributed by atoms with Crippen LogP contribution < -0.4 is 14.4 Å². The predicted octanol–water partition coefficient (Wildman–Crippen LogP) is 5.76. The van der Waals surface area contributed by atoms with Gasteiger partial charge in [0, 0.05) is 10.0 Å². The smallest absolute Gasteiger partial charge is 0.301 e. The molecule has 0 radical (unpaired) electrons. The number of carbonyl (C=O) groups excluding carboxylic acids is 2. The Hall–Kier alpha value is -3.69. The van der Waals surface area contributed by atoms with Crippen LogP contribution in [-0.4, -0.2) is 35.0 Å². The molecule has 0 spiro atoms. The molecule has 0 bridgehead atoms. The normalized spacial score (nSPS) is 18.7. The Kier molecular flexibility index (Phi) is 5.54. The molecule has 2 aliphatic heterocycles. The number of nitrogens with zero attached hydrogens (tertiary/aromatic N) is 2. The van der Waals surface area contributed by atoms with Crippen molar-refractivity contribution in [1.29, 1.82) is 0 Å². The third kappa shape index (κ3) is 3.75. The summed E-state index contributed by atoms with van der Waals surface area (Å²) in [5, 5.41) is 11.8. The van der Waals surface area contributed by atoms with E-state index < -0.39 is 17.7 Å². The third-order valence-corrected chi connectivity index (χ3v) is 7.67. The molecule has 2 aliphatic rings. The summed E-state index contributed by atoms with van der Waals surface area (Å²) in [6.45, 7) is 2.81. The minimum Gasteiger partial charge on any atom is -0.507 e. The van der Waals surface area contributed by atoms with Gasteiger partial charge in [0.1, 0.15) is 19.0 Å². The fourth-order valence-electron chi connectivity index (χ4n) is 4.49. The van der Waals surface area contributed by atoms with Crippen LogP contribution in [0.15, 0.2) is 70.7 Å². The molecule has 0 aliphatic carbocycles. The van der Waals surface area contributed by atoms with Crippen molar-refractivity contribution < 1.29 is 24.2 Å². The van der Waals surface area contributed by atoms with Crippen LogP contribution >= 0.6 is 27.3 Å². The van der Waals surface area contributed by atoms with Gasteiger partial charge in [0.15, 0.2) is 16.6 Å². The summed E-state index contributed by atoms with van der Waals surface area (Å²) in [6, 6.07) is 17.3. The lowest BCUT2D eigenvalue weighted by Crippen LogP contribution is -2.29. The number of aliphatic hydroxyl groups is 1. The van der Waals surface area contributed by atoms with Crippen LogP contribution in [0.3, 0.4) is 0 Å². The van der Waals surface area contributed by atoms with Gasteiger partial charge in [0.05, 0.1) is 21.8 Å². The first-order chi connectivity index (χ1) is 17.4. The average molecular weight is 563 g/mol. The Morgan fingerprint density at radius 1 is 1.06 bits per heavy atom. The van der Waals surface area contributed by atoms with Crippen molar-refractivity contribution in [2.24, 2.45) is 0 Å². The van der Waals surface area contributed by atoms with E-state index in [1.54, 1.807) is 18.2 Å². The summed E-state index contributed by atoms with van der Waals surface area (Å²) in [6.07, 6.45) is 0. The van der Waals surface area contributed by atoms with Crippen LogP contribution in [0.4, 0.5) is 5.13 Å². The van der Waals surface area contributed by atoms with Crippen LogP contribution in [0.2, 0.25) is 0 Å². The van der Waals surface area contributed by atoms with E-state index in [-0.39, 0.29) is 11.3 Å². The minimum absolute atomic E-state index is 0.00906. The second-order valence-electron chi connectivity index (χ2n) is 8.55. The molecule has 9 heteroatoms. The molecular weight excluding hydrogens is 544 g/mol. The van der Waals surface area contributed by atoms with Gasteiger partial charge < -0.3 is 14.6 Å². The first-order valence-electron chi connectivity index (χ1n) is 11.2. The van der Waals surface area contributed by atoms with E-state index in [4.69, 9.17) is 9.47 Å². The first kappa shape index (κ1) is 22.8. The lowest BCUT2D eigenvalue weighted by Gasteiger charge is -2.23. The van der Waals surface area contributed by atoms with Gasteiger partial charge in [-0.05, 0) is 60.5 Å². The van der Waals surface area contributed by atoms with Crippen molar-refractivity contribution in [2.75, 3.05) is 18.1 Å². The zero-order valence-electron chi connectivity index (χ0n) is 19.0. The van der Waals surface area contributed by atoms with Crippen molar-refractivity contribution in [3.63, 3.8) is 0 Å². The van der Waals surface area contributed by atoms with Gasteiger partial charge in [-0.1, -0.05) is 45.5 Å². The quantitative estimate of drug-likeness (QED) is 0.194. The van der Waals surface area contributed by atoms with Crippen molar-refractivity contribution in [1.82, 2.24) is 4.98 Å². The number of rotatable bonds is 3. The van der Waals surface area contributed by atoms with Crippen LogP contribution in [-0.2, 0) is 9.59 Å². The molecule has 6 rings (SSSR count). The van der Waals surface area contributed by atoms with Gasteiger partial charge in [-0.2, -0.15) is 0 Å². The van der Waals surface area contributed by atoms with Crippen LogP contribution in [0.25, 0.3) is 16.0 Å². The molecule has 0 saturated carbocycles. The summed E-state index contributed by atoms with van der Waals surface area (Å²) in [7, 11) is 0. The number of aryl methyl sites for hydroxylation is 1. The van der Waals surface area contributed by atoms with E-state index in [9.17, 15) is 14.7 Å². The predicted molar refractivity (Wildman–Crippen MR) is 141 cm³/mol. The van der Waals surface area contributed by atoms with Gasteiger partial charge >= 0.3 is 5.91 Å². The van der Waals surface area contributed by atoms with Crippen LogP contribution in [0, 0.1) is 6.92 Å². The van der Waals surface area contributed by atoms with Gasteiger partial charge in [0.2, 0.25) is 0 Å². The second-order valence-corrected chi connectivity index (χ2v) is 10.5. The van der Waals surface area contributed by atoms with Crippen molar-refractivity contribution >= 4 is 60.1 Å². The number of aromatic nitrogens is 1. The lowest BCUT2D eigenvalue weighted by atomic mass is 9.95. The SMILES string of the molecule is Cc1ccc2nc(N3C(=O)C(=O)/C(=C(\O)c4ccc5c(c4)OCCO5)C3c3cccc(Br)c3)sc2c1. The Morgan fingerprint density at radius 2 is 1.86 bits per heavy atom. The van der Waals surface area contributed by atoms with Gasteiger partial charge in [-0.15, -0.1) is 0 Å². The Bertz CT molecular complexity index is 1590. The standard InChI is InChI=1S/C27H19BrN2O5S/c1-14-5-7-18-21(11-14)36-27(29-18)30-23(15-3-2-4-17(28)12-15)22(25(32)26(30)33)24(31)16-6-8-19-20(13-16)35-10-9-34-19/h2-8,11-13,23,31H,9-10H2,1H3/b24-22-. The average Bonchev–Trinajstić information content (AvgIpc) is 3.41. The van der Waals surface area contributed by atoms with Gasteiger partial charge in [-0.3, -0.25) is 14.5 Å². The first-order valence-corrected chi connectivity index (χ1v) is 12.9. The number of Topliss-reactive ketones (excluding diaryl/α,β-unsaturated/α-hetero) is 1. The molecule has 1 fully saturated rings. The molecule has 7 nitrogen and oxygen atoms in total. The van der Waals surface area contributed by atoms with Gasteiger partial charge in [-0.25, -0.2) is 4.98 Å². The van der Waals surface area contributed by atoms with Crippen LogP contribution in [0.1, 0.15) is 22.7 Å². The number of anilines is 1. The zero-order chi connectivity index (χ0) is 25.0. The van der Waals surface area contributed by atoms with E-state index in [0.29, 0.717) is 41.0 Å². The molecule has 180 valence electrons. The van der Waals surface area contributed by atoms with Crippen molar-refractivity contribution in [3.8, 4) is 11.5 Å². The van der Waals surface area contributed by atoms with E-state index in [1.807, 2.05) is 49.4 Å². The highest BCUT2D eigenvalue weighted by Crippen LogP contribution is 2.45. The number of ketones is 1. The number of thiazole rings is 1. The van der Waals surface area contributed by atoms with Crippen LogP contribution in [0.5, 0.6) is 11.5 Å². The Morgan fingerprint density at radius 3 is 2.67 bits per heavy atom. The molecule has 1 saturated heterocycles. The summed E-state index contributed by atoms with van der Waals surface area (Å²) in [5.41, 5.74) is 2.82. The number of fused-ring (bicyclic) bond motifs is 2. The van der Waals surface area contributed by atoms with Crippen molar-refractivity contribution in [2.45, 2.75) is 13.0 Å². The molecule has 1 N–H and O–H groups in total. The molecule has 1 amide bonds. The summed E-state index contributed by atoms with van der Waals surface area (Å²) < 4.78 is 12.9. The summed E-state index contributed by atoms with van der Waals surface area (Å²) >= 11 is 4.82. The highest BCUT2D eigenvalue weighted by atomic mass is 79.9. The maximum Gasteiger partial charge on any atom is 0.301 e. The number of hydrogen-bond acceptors (Lipinski definition) is 7. The zero-order valence-corrected chi connectivity index (χ0v) is 21.4. The molecule has 3 heterocycles. The summed E-state index contributed by atoms with van der Waals surface area (Å²) in [4.78, 5) is 32.9. The molecular formula is C27H19BrN2O5S. The number of halogens is 1. The van der Waals surface area contributed by atoms with Crippen molar-refractivity contribution in [3.05, 3.63) is 87.4 Å². The number of carbonyl (C=O) groups is 2. The number of aliphatic hydroxyl groups excluding tert-OH is 1. The number of hydrogen-bond donors (Lipinski definition) is 1. The number of ether oxygens (including phenoxy) is 2. The highest BCUT2D eigenvalue weighted by molar-refractivity contribution is 9.10. The Labute approximate surface area is 218 Å². The minimum atomic E-state index is -0.864. The molecule has 1 aromatic heterocycles. The lowest BCUT2D eigenvalue weighted by molar-refractivity contribution is -0.132. The van der Waals surface area contributed by atoms with Gasteiger partial charge in [0.25, 0.3) is 5.78 Å². The summed E-state index contributed by atoms with van der Waals surface area (Å²) in [5.74, 6) is -0.765. The van der Waals surface area contributed by atoms with E-state index in [1.165, 1.54) is 16.2 Å². The van der Waals surface area contributed by atoms with E-state index >= 15 is 0 Å². The Balaban J connectivity index is 1.54. The molecule has 36 heavy (non-hydrogen) atoms. The molecule has 4 aromatic rings. The molecule has 3 aromatic carbocycles. The number of benzene rings is 3. The fraction of sp³-hybridized carbons (Fsp3) is 0.148. The molecule has 1 atom stereocenters. The maximum atomic E-state index is 13.4. The third-order valence-electron chi connectivity index (χ3n) is 6.16. The fourth-order valence-corrected chi connectivity index (χ4v) is 6.00. The second kappa shape index (κ2) is 8.76. The monoisotopic (exact) mass is 562 g/mol. The van der Waals surface area contributed by atoms with E-state index in [0.717, 1.165) is 20.3 Å². The van der Waals surface area contributed by atoms with E-state index in [2.05, 4.69) is 20.9 Å². The number of amides is 1. The molecule has 1 unspecified atom stereocenters. The largest absolute Gasteiger partial charge is 0.507 e. The maximum absolute atomic E-state index is 13.4. The topological polar surface area (TPSA) is 89.0 Å². The highest BCUT2D eigenvalue weighted by Gasteiger charge is 2.48.